The first-order chi connectivity index (χ1) is 10.2. The molecule has 0 unspecified atom stereocenters. The molecule has 3 rings (SSSR count). The van der Waals surface area contributed by atoms with E-state index in [0.717, 1.165) is 19.3 Å². The van der Waals surface area contributed by atoms with Gasteiger partial charge in [0.2, 0.25) is 0 Å². The zero-order valence-electron chi connectivity index (χ0n) is 11.9. The maximum atomic E-state index is 11.7. The highest BCUT2D eigenvalue weighted by Gasteiger charge is 2.53. The van der Waals surface area contributed by atoms with E-state index >= 15 is 0 Å². The Morgan fingerprint density at radius 1 is 1.14 bits per heavy atom. The normalized spacial score (nSPS) is 31.3. The number of amides is 1. The third kappa shape index (κ3) is 2.76. The van der Waals surface area contributed by atoms with E-state index in [-0.39, 0.29) is 18.7 Å². The van der Waals surface area contributed by atoms with Crippen molar-refractivity contribution >= 4 is 6.09 Å². The Morgan fingerprint density at radius 3 is 2.67 bits per heavy atom. The van der Waals surface area contributed by atoms with Crippen LogP contribution in [0.5, 0.6) is 0 Å². The first-order valence-corrected chi connectivity index (χ1v) is 7.53. The van der Waals surface area contributed by atoms with Crippen LogP contribution in [0, 0.1) is 0 Å². The maximum absolute atomic E-state index is 11.7. The summed E-state index contributed by atoms with van der Waals surface area (Å²) in [6, 6.07) is 9.54. The van der Waals surface area contributed by atoms with Crippen molar-refractivity contribution in [1.82, 2.24) is 4.90 Å². The number of aliphatic hydroxyl groups is 2. The average Bonchev–Trinajstić information content (AvgIpc) is 2.99. The number of cyclic esters (lactones) is 1. The maximum Gasteiger partial charge on any atom is 0.410 e. The van der Waals surface area contributed by atoms with Crippen LogP contribution in [0.3, 0.4) is 0 Å². The summed E-state index contributed by atoms with van der Waals surface area (Å²) in [6.45, 7) is 0.178. The van der Waals surface area contributed by atoms with E-state index in [1.54, 1.807) is 0 Å². The van der Waals surface area contributed by atoms with E-state index < -0.39 is 18.3 Å². The molecule has 0 aromatic heterocycles. The van der Waals surface area contributed by atoms with Crippen LogP contribution in [0.15, 0.2) is 30.3 Å². The number of aryl methyl sites for hydroxylation is 1. The van der Waals surface area contributed by atoms with E-state index in [1.807, 2.05) is 18.2 Å². The van der Waals surface area contributed by atoms with Gasteiger partial charge in [-0.25, -0.2) is 4.79 Å². The minimum atomic E-state index is -0.893. The third-order valence-electron chi connectivity index (χ3n) is 4.50. The molecule has 0 spiro atoms. The minimum absolute atomic E-state index is 0.178. The van der Waals surface area contributed by atoms with Crippen LogP contribution >= 0.6 is 0 Å². The van der Waals surface area contributed by atoms with Crippen LogP contribution in [0.2, 0.25) is 0 Å². The van der Waals surface area contributed by atoms with Crippen molar-refractivity contribution in [3.8, 4) is 0 Å². The third-order valence-corrected chi connectivity index (χ3v) is 4.50. The molecule has 0 aliphatic carbocycles. The number of fused-ring (bicyclic) bond motifs is 1. The molecule has 5 heteroatoms. The summed E-state index contributed by atoms with van der Waals surface area (Å²) in [4.78, 5) is 13.2. The molecular formula is C16H21NO4. The topological polar surface area (TPSA) is 70.0 Å². The standard InChI is InChI=1S/C16H21NO4/c18-14-12(17-13(15(14)19)10-21-16(17)20)9-5-4-8-11-6-2-1-3-7-11/h1-3,6-7,12-15,18-19H,4-5,8-10H2/t12-,13-,14-,15-/m0/s1. The lowest BCUT2D eigenvalue weighted by atomic mass is 10.0. The Labute approximate surface area is 124 Å². The van der Waals surface area contributed by atoms with Gasteiger partial charge in [-0.1, -0.05) is 36.8 Å². The van der Waals surface area contributed by atoms with E-state index in [4.69, 9.17) is 4.74 Å². The van der Waals surface area contributed by atoms with Crippen molar-refractivity contribution in [1.29, 1.82) is 0 Å². The fourth-order valence-corrected chi connectivity index (χ4v) is 3.35. The molecule has 2 N–H and O–H groups in total. The van der Waals surface area contributed by atoms with Crippen molar-refractivity contribution in [2.24, 2.45) is 0 Å². The summed E-state index contributed by atoms with van der Waals surface area (Å²) in [7, 11) is 0. The molecule has 0 saturated carbocycles. The molecule has 0 bridgehead atoms. The number of hydrogen-bond acceptors (Lipinski definition) is 4. The highest BCUT2D eigenvalue weighted by atomic mass is 16.6. The van der Waals surface area contributed by atoms with Gasteiger partial charge in [-0.2, -0.15) is 0 Å². The molecule has 1 aromatic carbocycles. The molecule has 5 nitrogen and oxygen atoms in total. The smallest absolute Gasteiger partial charge is 0.410 e. The second-order valence-corrected chi connectivity index (χ2v) is 5.83. The highest BCUT2D eigenvalue weighted by Crippen LogP contribution is 2.33. The predicted octanol–water partition coefficient (Wildman–Crippen LogP) is 1.32. The molecule has 114 valence electrons. The lowest BCUT2D eigenvalue weighted by Gasteiger charge is -2.22. The first kappa shape index (κ1) is 14.4. The number of rotatable bonds is 5. The number of nitrogens with zero attached hydrogens (tertiary/aromatic N) is 1. The van der Waals surface area contributed by atoms with Crippen LogP contribution in [0.1, 0.15) is 24.8 Å². The number of carbonyl (C=O) groups excluding carboxylic acids is 1. The summed E-state index contributed by atoms with van der Waals surface area (Å²) in [5.74, 6) is 0. The minimum Gasteiger partial charge on any atom is -0.447 e. The van der Waals surface area contributed by atoms with Crippen LogP contribution in [0.4, 0.5) is 4.79 Å². The zero-order chi connectivity index (χ0) is 14.8. The van der Waals surface area contributed by atoms with Gasteiger partial charge in [-0.15, -0.1) is 0 Å². The molecule has 2 aliphatic heterocycles. The largest absolute Gasteiger partial charge is 0.447 e. The Morgan fingerprint density at radius 2 is 1.90 bits per heavy atom. The van der Waals surface area contributed by atoms with Crippen molar-refractivity contribution in [3.63, 3.8) is 0 Å². The SMILES string of the molecule is O=C1OC[C@H]2[C@H](O)[C@@H](O)[C@H](CCCCc3ccccc3)N12. The Hall–Kier alpha value is -1.59. The number of aliphatic hydroxyl groups excluding tert-OH is 2. The summed E-state index contributed by atoms with van der Waals surface area (Å²) >= 11 is 0. The Balaban J connectivity index is 1.51. The van der Waals surface area contributed by atoms with Gasteiger partial charge in [0, 0.05) is 0 Å². The number of ether oxygens (including phenoxy) is 1. The molecule has 2 saturated heterocycles. The van der Waals surface area contributed by atoms with Gasteiger partial charge in [0.05, 0.1) is 12.1 Å². The molecule has 2 heterocycles. The molecule has 0 radical (unpaired) electrons. The number of carbonyl (C=O) groups is 1. The molecular weight excluding hydrogens is 270 g/mol. The lowest BCUT2D eigenvalue weighted by Crippen LogP contribution is -2.38. The van der Waals surface area contributed by atoms with Crippen molar-refractivity contribution < 1.29 is 19.7 Å². The molecule has 21 heavy (non-hydrogen) atoms. The molecule has 1 amide bonds. The summed E-state index contributed by atoms with van der Waals surface area (Å²) in [5.41, 5.74) is 1.29. The molecule has 4 atom stereocenters. The van der Waals surface area contributed by atoms with Gasteiger partial charge in [-0.05, 0) is 24.8 Å². The fourth-order valence-electron chi connectivity index (χ4n) is 3.35. The van der Waals surface area contributed by atoms with Gasteiger partial charge in [-0.3, -0.25) is 4.90 Å². The first-order valence-electron chi connectivity index (χ1n) is 7.53. The van der Waals surface area contributed by atoms with Crippen molar-refractivity contribution in [2.75, 3.05) is 6.61 Å². The van der Waals surface area contributed by atoms with Crippen LogP contribution in [-0.4, -0.2) is 52.1 Å². The van der Waals surface area contributed by atoms with Crippen molar-refractivity contribution in [3.05, 3.63) is 35.9 Å². The number of unbranched alkanes of at least 4 members (excludes halogenated alkanes) is 1. The van der Waals surface area contributed by atoms with Gasteiger partial charge < -0.3 is 14.9 Å². The average molecular weight is 291 g/mol. The zero-order valence-corrected chi connectivity index (χ0v) is 11.9. The van der Waals surface area contributed by atoms with Crippen LogP contribution < -0.4 is 0 Å². The van der Waals surface area contributed by atoms with Gasteiger partial charge in [0.1, 0.15) is 18.8 Å². The van der Waals surface area contributed by atoms with Crippen LogP contribution in [0.25, 0.3) is 0 Å². The summed E-state index contributed by atoms with van der Waals surface area (Å²) in [5, 5.41) is 20.1. The fraction of sp³-hybridized carbons (Fsp3) is 0.562. The summed E-state index contributed by atoms with van der Waals surface area (Å²) < 4.78 is 4.96. The highest BCUT2D eigenvalue weighted by molar-refractivity contribution is 5.71. The van der Waals surface area contributed by atoms with E-state index in [0.29, 0.717) is 6.42 Å². The van der Waals surface area contributed by atoms with E-state index in [2.05, 4.69) is 12.1 Å². The quantitative estimate of drug-likeness (QED) is 0.803. The summed E-state index contributed by atoms with van der Waals surface area (Å²) in [6.07, 6.45) is 1.41. The predicted molar refractivity (Wildman–Crippen MR) is 76.8 cm³/mol. The van der Waals surface area contributed by atoms with E-state index in [9.17, 15) is 15.0 Å². The van der Waals surface area contributed by atoms with Gasteiger partial charge in [0.25, 0.3) is 0 Å². The lowest BCUT2D eigenvalue weighted by molar-refractivity contribution is 0.0169. The molecule has 2 aliphatic rings. The van der Waals surface area contributed by atoms with E-state index in [1.165, 1.54) is 10.5 Å². The molecule has 1 aromatic rings. The van der Waals surface area contributed by atoms with Crippen LogP contribution in [-0.2, 0) is 11.2 Å². The second-order valence-electron chi connectivity index (χ2n) is 5.83. The Bertz CT molecular complexity index is 492. The van der Waals surface area contributed by atoms with Crippen molar-refractivity contribution in [2.45, 2.75) is 50.0 Å². The van der Waals surface area contributed by atoms with Gasteiger partial charge in [0.15, 0.2) is 0 Å². The van der Waals surface area contributed by atoms with Gasteiger partial charge >= 0.3 is 6.09 Å². The Kier molecular flexibility index (Phi) is 4.12. The number of benzene rings is 1. The molecule has 2 fully saturated rings. The second kappa shape index (κ2) is 6.03. The number of hydrogen-bond donors (Lipinski definition) is 2. The monoisotopic (exact) mass is 291 g/mol.